The molecule has 11 nitrogen and oxygen atoms in total. The Morgan fingerprint density at radius 3 is 2.58 bits per heavy atom. The number of nitrogens with zero attached hydrogens (tertiary/aromatic N) is 5. The van der Waals surface area contributed by atoms with E-state index >= 15 is 0 Å². The van der Waals surface area contributed by atoms with Crippen molar-refractivity contribution in [2.45, 2.75) is 81.8 Å². The van der Waals surface area contributed by atoms with Gasteiger partial charge in [-0.15, -0.1) is 0 Å². The zero-order valence-electron chi connectivity index (χ0n) is 24.3. The fourth-order valence-electron chi connectivity index (χ4n) is 5.32. The van der Waals surface area contributed by atoms with E-state index in [1.165, 1.54) is 0 Å². The summed E-state index contributed by atoms with van der Waals surface area (Å²) in [6.07, 6.45) is 7.06. The van der Waals surface area contributed by atoms with E-state index < -0.39 is 17.5 Å². The van der Waals surface area contributed by atoms with Gasteiger partial charge in [-0.3, -0.25) is 14.3 Å². The summed E-state index contributed by atoms with van der Waals surface area (Å²) >= 11 is 0. The third-order valence-corrected chi connectivity index (χ3v) is 8.69. The molecular weight excluding hydrogens is 544 g/mol. The molecule has 3 fully saturated rings. The molecule has 11 heteroatoms. The highest BCUT2D eigenvalue weighted by Gasteiger charge is 2.46. The number of nitrogens with one attached hydrogen (secondary N) is 3. The van der Waals surface area contributed by atoms with E-state index in [0.717, 1.165) is 54.9 Å². The monoisotopic (exact) mass is 578 g/mol. The summed E-state index contributed by atoms with van der Waals surface area (Å²) in [7, 11) is 0. The summed E-state index contributed by atoms with van der Waals surface area (Å²) in [5.41, 5.74) is 3.59. The first-order valence-electron chi connectivity index (χ1n) is 15.0. The molecule has 3 aliphatic rings. The molecule has 3 aromatic heterocycles. The first-order chi connectivity index (χ1) is 20.8. The Labute approximate surface area is 249 Å². The Morgan fingerprint density at radius 2 is 1.93 bits per heavy atom. The van der Waals surface area contributed by atoms with Crippen molar-refractivity contribution in [3.05, 3.63) is 59.9 Å². The Kier molecular flexibility index (Phi) is 6.45. The molecule has 7 rings (SSSR count). The summed E-state index contributed by atoms with van der Waals surface area (Å²) < 4.78 is 7.92. The fourth-order valence-corrected chi connectivity index (χ4v) is 5.32. The smallest absolute Gasteiger partial charge is 0.270 e. The molecule has 0 bridgehead atoms. The third kappa shape index (κ3) is 5.45. The van der Waals surface area contributed by atoms with Crippen LogP contribution in [-0.2, 0) is 16.6 Å². The Hall–Kier alpha value is -4.72. The van der Waals surface area contributed by atoms with Gasteiger partial charge < -0.3 is 20.4 Å². The van der Waals surface area contributed by atoms with Crippen LogP contribution in [0.3, 0.4) is 0 Å². The number of fused-ring (bicyclic) bond motifs is 1. The lowest BCUT2D eigenvalue weighted by Gasteiger charge is -2.19. The zero-order chi connectivity index (χ0) is 29.8. The molecule has 4 aromatic rings. The van der Waals surface area contributed by atoms with Crippen LogP contribution in [0.25, 0.3) is 22.2 Å². The van der Waals surface area contributed by atoms with Gasteiger partial charge in [-0.1, -0.05) is 13.0 Å². The lowest BCUT2D eigenvalue weighted by atomic mass is 10.1. The van der Waals surface area contributed by atoms with E-state index in [9.17, 15) is 14.9 Å². The third-order valence-electron chi connectivity index (χ3n) is 8.69. The van der Waals surface area contributed by atoms with Crippen molar-refractivity contribution in [3.8, 4) is 17.2 Å². The summed E-state index contributed by atoms with van der Waals surface area (Å²) in [6, 6.07) is 12.9. The Balaban J connectivity index is 1.14. The molecule has 220 valence electrons. The van der Waals surface area contributed by atoms with E-state index in [1.54, 1.807) is 6.20 Å². The van der Waals surface area contributed by atoms with Gasteiger partial charge in [-0.25, -0.2) is 9.97 Å². The number of rotatable bonds is 11. The minimum absolute atomic E-state index is 0.0125. The van der Waals surface area contributed by atoms with Crippen LogP contribution in [0.5, 0.6) is 0 Å². The van der Waals surface area contributed by atoms with E-state index in [0.29, 0.717) is 35.5 Å². The maximum Gasteiger partial charge on any atom is 0.270 e. The molecule has 3 N–H and O–H groups in total. The average molecular weight is 579 g/mol. The molecule has 0 radical (unpaired) electrons. The van der Waals surface area contributed by atoms with Gasteiger partial charge in [0, 0.05) is 23.7 Å². The number of hydrogen-bond acceptors (Lipinski definition) is 8. The van der Waals surface area contributed by atoms with Gasteiger partial charge in [0.25, 0.3) is 5.91 Å². The lowest BCUT2D eigenvalue weighted by Crippen LogP contribution is -2.51. The van der Waals surface area contributed by atoms with Crippen LogP contribution in [-0.4, -0.2) is 49.7 Å². The van der Waals surface area contributed by atoms with Crippen LogP contribution < -0.4 is 16.0 Å². The molecule has 3 aliphatic carbocycles. The maximum absolute atomic E-state index is 13.7. The van der Waals surface area contributed by atoms with Crippen molar-refractivity contribution < 1.29 is 14.0 Å². The highest BCUT2D eigenvalue weighted by Crippen LogP contribution is 2.48. The second kappa shape index (κ2) is 10.2. The summed E-state index contributed by atoms with van der Waals surface area (Å²) in [5, 5.41) is 23.3. The molecule has 1 atom stereocenters. The van der Waals surface area contributed by atoms with Crippen molar-refractivity contribution in [2.75, 3.05) is 11.9 Å². The van der Waals surface area contributed by atoms with E-state index in [-0.39, 0.29) is 23.8 Å². The number of hydrogen-bond donors (Lipinski definition) is 3. The van der Waals surface area contributed by atoms with Crippen molar-refractivity contribution in [3.63, 3.8) is 0 Å². The number of amides is 2. The zero-order valence-corrected chi connectivity index (χ0v) is 24.3. The number of benzene rings is 1. The van der Waals surface area contributed by atoms with Gasteiger partial charge in [0.05, 0.1) is 24.2 Å². The molecular formula is C32H34N8O3. The van der Waals surface area contributed by atoms with Gasteiger partial charge in [-0.2, -0.15) is 10.4 Å². The van der Waals surface area contributed by atoms with Crippen LogP contribution >= 0.6 is 0 Å². The highest BCUT2D eigenvalue weighted by atomic mass is 16.3. The standard InChI is InChI=1S/C32H34N8O3/c1-3-34-27-9-5-20(17-35-27)19-4-8-22-25(14-19)43-28(36-22)15-23(29(41)38-32(18-33)12-13-32)37-30(42)24-16-26(31(2)10-11-31)39-40(24)21-6-7-21/h4-5,8-9,14,16-17,21,23H,3,6-7,10-13,15H2,1-2H3,(H,34,35)(H,37,42)(H,38,41)/t23-/m0/s1. The van der Waals surface area contributed by atoms with Crippen LogP contribution in [0, 0.1) is 11.3 Å². The first kappa shape index (κ1) is 27.1. The normalized spacial score (nSPS) is 18.4. The molecule has 3 saturated carbocycles. The molecule has 2 amide bonds. The predicted molar refractivity (Wildman–Crippen MR) is 159 cm³/mol. The second-order valence-electron chi connectivity index (χ2n) is 12.3. The number of aromatic nitrogens is 4. The number of nitriles is 1. The molecule has 43 heavy (non-hydrogen) atoms. The van der Waals surface area contributed by atoms with Crippen molar-refractivity contribution in [1.82, 2.24) is 30.4 Å². The Morgan fingerprint density at radius 1 is 1.14 bits per heavy atom. The predicted octanol–water partition coefficient (Wildman–Crippen LogP) is 4.42. The van der Waals surface area contributed by atoms with E-state index in [4.69, 9.17) is 9.52 Å². The molecule has 3 heterocycles. The molecule has 0 aliphatic heterocycles. The SMILES string of the molecule is CCNc1ccc(-c2ccc3nc(C[C@H](NC(=O)c4cc(C5(C)CC5)nn4C4CC4)C(=O)NC4(C#N)CC4)oc3c2)cn1. The summed E-state index contributed by atoms with van der Waals surface area (Å²) in [6.45, 7) is 4.97. The van der Waals surface area contributed by atoms with Crippen LogP contribution in [0.15, 0.2) is 47.0 Å². The topological polar surface area (TPSA) is 151 Å². The minimum atomic E-state index is -0.990. The van der Waals surface area contributed by atoms with Gasteiger partial charge in [0.2, 0.25) is 5.91 Å². The van der Waals surface area contributed by atoms with Crippen LogP contribution in [0.1, 0.15) is 80.5 Å². The number of carbonyl (C=O) groups is 2. The lowest BCUT2D eigenvalue weighted by molar-refractivity contribution is -0.123. The van der Waals surface area contributed by atoms with Gasteiger partial charge in [0.15, 0.2) is 11.5 Å². The highest BCUT2D eigenvalue weighted by molar-refractivity contribution is 5.97. The molecule has 0 unspecified atom stereocenters. The number of anilines is 1. The summed E-state index contributed by atoms with van der Waals surface area (Å²) in [4.78, 5) is 36.2. The van der Waals surface area contributed by atoms with Crippen LogP contribution in [0.2, 0.25) is 0 Å². The van der Waals surface area contributed by atoms with E-state index in [1.807, 2.05) is 48.0 Å². The maximum atomic E-state index is 13.7. The Bertz CT molecular complexity index is 1750. The van der Waals surface area contributed by atoms with Gasteiger partial charge in [0.1, 0.15) is 28.6 Å². The van der Waals surface area contributed by atoms with Crippen molar-refractivity contribution >= 4 is 28.7 Å². The van der Waals surface area contributed by atoms with E-state index in [2.05, 4.69) is 38.9 Å². The fraction of sp³-hybridized carbons (Fsp3) is 0.438. The molecule has 0 spiro atoms. The van der Waals surface area contributed by atoms with Gasteiger partial charge >= 0.3 is 0 Å². The first-order valence-corrected chi connectivity index (χ1v) is 15.0. The number of pyridine rings is 1. The number of carbonyl (C=O) groups excluding carboxylic acids is 2. The van der Waals surface area contributed by atoms with Gasteiger partial charge in [-0.05, 0) is 81.3 Å². The quantitative estimate of drug-likeness (QED) is 0.237. The van der Waals surface area contributed by atoms with Crippen molar-refractivity contribution in [1.29, 1.82) is 5.26 Å². The average Bonchev–Trinajstić information content (AvgIpc) is 3.97. The van der Waals surface area contributed by atoms with Crippen molar-refractivity contribution in [2.24, 2.45) is 0 Å². The largest absolute Gasteiger partial charge is 0.441 e. The second-order valence-corrected chi connectivity index (χ2v) is 12.3. The molecule has 0 saturated heterocycles. The molecule has 1 aromatic carbocycles. The number of oxazole rings is 1. The minimum Gasteiger partial charge on any atom is -0.441 e. The van der Waals surface area contributed by atoms with Crippen LogP contribution in [0.4, 0.5) is 5.82 Å². The summed E-state index contributed by atoms with van der Waals surface area (Å²) in [5.74, 6) is 0.317.